The first-order valence-electron chi connectivity index (χ1n) is 5.76. The molecule has 4 nitrogen and oxygen atoms in total. The lowest BCUT2D eigenvalue weighted by Gasteiger charge is -2.19. The first kappa shape index (κ1) is 14.8. The molecule has 0 saturated heterocycles. The molecule has 0 bridgehead atoms. The minimum atomic E-state index is 0.793. The fourth-order valence-corrected chi connectivity index (χ4v) is 1.38. The van der Waals surface area contributed by atoms with Crippen molar-refractivity contribution in [3.05, 3.63) is 0 Å². The van der Waals surface area contributed by atoms with Gasteiger partial charge in [0.25, 0.3) is 0 Å². The lowest BCUT2D eigenvalue weighted by atomic mass is 10.3. The van der Waals surface area contributed by atoms with Gasteiger partial charge >= 0.3 is 0 Å². The van der Waals surface area contributed by atoms with Crippen molar-refractivity contribution in [2.24, 2.45) is 0 Å². The average molecular weight is 218 g/mol. The molecule has 1 N–H and O–H groups in total. The second kappa shape index (κ2) is 11.9. The van der Waals surface area contributed by atoms with Crippen molar-refractivity contribution in [1.82, 2.24) is 10.2 Å². The molecule has 0 aromatic rings. The molecular formula is C11H26N2O2. The zero-order chi connectivity index (χ0) is 11.4. The van der Waals surface area contributed by atoms with Crippen molar-refractivity contribution < 1.29 is 9.47 Å². The molecule has 0 unspecified atom stereocenters. The molecule has 0 aliphatic heterocycles. The number of rotatable bonds is 11. The SMILES string of the molecule is CCN(CCCNCCOC)CCOC. The van der Waals surface area contributed by atoms with Gasteiger partial charge in [-0.1, -0.05) is 6.92 Å². The molecular weight excluding hydrogens is 192 g/mol. The van der Waals surface area contributed by atoms with E-state index in [0.717, 1.165) is 45.9 Å². The van der Waals surface area contributed by atoms with Gasteiger partial charge in [-0.15, -0.1) is 0 Å². The summed E-state index contributed by atoms with van der Waals surface area (Å²) in [6, 6.07) is 0. The van der Waals surface area contributed by atoms with E-state index in [1.807, 2.05) is 0 Å². The number of hydrogen-bond acceptors (Lipinski definition) is 4. The maximum Gasteiger partial charge on any atom is 0.0589 e. The Balaban J connectivity index is 3.22. The highest BCUT2D eigenvalue weighted by Gasteiger charge is 2.00. The van der Waals surface area contributed by atoms with Crippen LogP contribution in [0, 0.1) is 0 Å². The van der Waals surface area contributed by atoms with Crippen LogP contribution in [0.3, 0.4) is 0 Å². The lowest BCUT2D eigenvalue weighted by molar-refractivity contribution is 0.149. The molecule has 0 saturated carbocycles. The van der Waals surface area contributed by atoms with Crippen molar-refractivity contribution in [1.29, 1.82) is 0 Å². The van der Waals surface area contributed by atoms with E-state index in [-0.39, 0.29) is 0 Å². The third-order valence-electron chi connectivity index (χ3n) is 2.37. The Morgan fingerprint density at radius 1 is 1.00 bits per heavy atom. The van der Waals surface area contributed by atoms with Crippen LogP contribution >= 0.6 is 0 Å². The van der Waals surface area contributed by atoms with Gasteiger partial charge in [0.15, 0.2) is 0 Å². The molecule has 0 rings (SSSR count). The van der Waals surface area contributed by atoms with Crippen molar-refractivity contribution in [3.63, 3.8) is 0 Å². The zero-order valence-electron chi connectivity index (χ0n) is 10.4. The quantitative estimate of drug-likeness (QED) is 0.514. The predicted octanol–water partition coefficient (Wildman–Crippen LogP) is 0.581. The minimum Gasteiger partial charge on any atom is -0.383 e. The molecule has 0 aromatic heterocycles. The van der Waals surface area contributed by atoms with E-state index >= 15 is 0 Å². The first-order chi connectivity index (χ1) is 7.35. The van der Waals surface area contributed by atoms with Crippen LogP contribution in [0.15, 0.2) is 0 Å². The molecule has 92 valence electrons. The largest absolute Gasteiger partial charge is 0.383 e. The standard InChI is InChI=1S/C11H26N2O2/c1-4-13(9-11-15-3)8-5-6-12-7-10-14-2/h12H,4-11H2,1-3H3. The molecule has 0 aliphatic carbocycles. The number of nitrogens with one attached hydrogen (secondary N) is 1. The van der Waals surface area contributed by atoms with Crippen molar-refractivity contribution in [2.45, 2.75) is 13.3 Å². The van der Waals surface area contributed by atoms with Crippen molar-refractivity contribution in [3.8, 4) is 0 Å². The number of hydrogen-bond donors (Lipinski definition) is 1. The van der Waals surface area contributed by atoms with E-state index in [9.17, 15) is 0 Å². The molecule has 0 atom stereocenters. The van der Waals surface area contributed by atoms with Crippen LogP contribution in [0.1, 0.15) is 13.3 Å². The highest BCUT2D eigenvalue weighted by atomic mass is 16.5. The average Bonchev–Trinajstić information content (AvgIpc) is 2.27. The molecule has 0 heterocycles. The summed E-state index contributed by atoms with van der Waals surface area (Å²) in [5.41, 5.74) is 0. The van der Waals surface area contributed by atoms with Crippen molar-refractivity contribution >= 4 is 0 Å². The van der Waals surface area contributed by atoms with E-state index in [1.165, 1.54) is 6.42 Å². The monoisotopic (exact) mass is 218 g/mol. The van der Waals surface area contributed by atoms with Crippen LogP contribution in [0.5, 0.6) is 0 Å². The fraction of sp³-hybridized carbons (Fsp3) is 1.00. The second-order valence-electron chi connectivity index (χ2n) is 3.52. The second-order valence-corrected chi connectivity index (χ2v) is 3.52. The third-order valence-corrected chi connectivity index (χ3v) is 2.37. The van der Waals surface area contributed by atoms with Crippen LogP contribution in [0.2, 0.25) is 0 Å². The molecule has 0 amide bonds. The third kappa shape index (κ3) is 10.1. The molecule has 0 aliphatic rings. The summed E-state index contributed by atoms with van der Waals surface area (Å²) in [4.78, 5) is 2.40. The molecule has 0 spiro atoms. The van der Waals surface area contributed by atoms with Crippen LogP contribution in [0.4, 0.5) is 0 Å². The van der Waals surface area contributed by atoms with E-state index in [2.05, 4.69) is 17.1 Å². The fourth-order valence-electron chi connectivity index (χ4n) is 1.38. The number of methoxy groups -OCH3 is 2. The summed E-state index contributed by atoms with van der Waals surface area (Å²) in [7, 11) is 3.48. The summed E-state index contributed by atoms with van der Waals surface area (Å²) in [5, 5.41) is 3.34. The highest BCUT2D eigenvalue weighted by Crippen LogP contribution is 1.90. The number of ether oxygens (including phenoxy) is 2. The summed E-state index contributed by atoms with van der Waals surface area (Å²) < 4.78 is 10.0. The molecule has 4 heteroatoms. The smallest absolute Gasteiger partial charge is 0.0589 e. The molecule has 0 fully saturated rings. The Bertz CT molecular complexity index is 123. The lowest BCUT2D eigenvalue weighted by Crippen LogP contribution is -2.30. The topological polar surface area (TPSA) is 33.7 Å². The van der Waals surface area contributed by atoms with Gasteiger partial charge in [0.2, 0.25) is 0 Å². The summed E-state index contributed by atoms with van der Waals surface area (Å²) >= 11 is 0. The molecule has 0 radical (unpaired) electrons. The predicted molar refractivity (Wildman–Crippen MR) is 63.4 cm³/mol. The Morgan fingerprint density at radius 3 is 2.33 bits per heavy atom. The Hall–Kier alpha value is -0.160. The minimum absolute atomic E-state index is 0.793. The summed E-state index contributed by atoms with van der Waals surface area (Å²) in [5.74, 6) is 0. The summed E-state index contributed by atoms with van der Waals surface area (Å²) in [6.07, 6.45) is 1.18. The maximum atomic E-state index is 5.06. The van der Waals surface area contributed by atoms with Gasteiger partial charge in [-0.3, -0.25) is 0 Å². The normalized spacial score (nSPS) is 11.2. The number of likely N-dealkylation sites (N-methyl/N-ethyl adjacent to an activating group) is 1. The Morgan fingerprint density at radius 2 is 1.73 bits per heavy atom. The van der Waals surface area contributed by atoms with Gasteiger partial charge in [0, 0.05) is 27.3 Å². The highest BCUT2D eigenvalue weighted by molar-refractivity contribution is 4.56. The van der Waals surface area contributed by atoms with Crippen molar-refractivity contribution in [2.75, 3.05) is 60.2 Å². The molecule has 0 aromatic carbocycles. The van der Waals surface area contributed by atoms with Crippen LogP contribution < -0.4 is 5.32 Å². The van der Waals surface area contributed by atoms with E-state index in [1.54, 1.807) is 14.2 Å². The van der Waals surface area contributed by atoms with Crippen LogP contribution in [0.25, 0.3) is 0 Å². The number of nitrogens with zero attached hydrogens (tertiary/aromatic N) is 1. The van der Waals surface area contributed by atoms with Gasteiger partial charge in [-0.05, 0) is 26.1 Å². The van der Waals surface area contributed by atoms with Gasteiger partial charge in [0.05, 0.1) is 13.2 Å². The molecule has 15 heavy (non-hydrogen) atoms. The van der Waals surface area contributed by atoms with Gasteiger partial charge < -0.3 is 19.7 Å². The summed E-state index contributed by atoms with van der Waals surface area (Å²) in [6.45, 7) is 9.08. The van der Waals surface area contributed by atoms with E-state index in [0.29, 0.717) is 0 Å². The van der Waals surface area contributed by atoms with Crippen LogP contribution in [-0.2, 0) is 9.47 Å². The Kier molecular flexibility index (Phi) is 11.8. The van der Waals surface area contributed by atoms with Crippen LogP contribution in [-0.4, -0.2) is 65.1 Å². The van der Waals surface area contributed by atoms with E-state index in [4.69, 9.17) is 9.47 Å². The first-order valence-corrected chi connectivity index (χ1v) is 5.76. The van der Waals surface area contributed by atoms with Gasteiger partial charge in [-0.2, -0.15) is 0 Å². The Labute approximate surface area is 93.9 Å². The van der Waals surface area contributed by atoms with Gasteiger partial charge in [-0.25, -0.2) is 0 Å². The van der Waals surface area contributed by atoms with Gasteiger partial charge in [0.1, 0.15) is 0 Å². The van der Waals surface area contributed by atoms with E-state index < -0.39 is 0 Å². The zero-order valence-corrected chi connectivity index (χ0v) is 10.4. The maximum absolute atomic E-state index is 5.06.